The first kappa shape index (κ1) is 19.6. The van der Waals surface area contributed by atoms with Gasteiger partial charge in [0, 0.05) is 10.9 Å². The van der Waals surface area contributed by atoms with Gasteiger partial charge in [-0.1, -0.05) is 17.3 Å². The highest BCUT2D eigenvalue weighted by Gasteiger charge is 2.16. The number of hydrogen-bond donors (Lipinski definition) is 1. The highest BCUT2D eigenvalue weighted by atomic mass is 32.1. The van der Waals surface area contributed by atoms with Gasteiger partial charge in [0.15, 0.2) is 11.7 Å². The number of nitrogens with one attached hydrogen (secondary N) is 1. The summed E-state index contributed by atoms with van der Waals surface area (Å²) in [6.07, 6.45) is 0. The van der Waals surface area contributed by atoms with E-state index < -0.39 is 0 Å². The molecule has 0 saturated heterocycles. The Hall–Kier alpha value is -3.72. The number of hydrogen-bond acceptors (Lipinski definition) is 8. The molecular formula is C21H18N4O4S. The number of methoxy groups -OCH3 is 1. The van der Waals surface area contributed by atoms with Crippen LogP contribution in [0, 0.1) is 6.92 Å². The summed E-state index contributed by atoms with van der Waals surface area (Å²) in [5, 5.41) is 9.15. The number of para-hydroxylation sites is 1. The van der Waals surface area contributed by atoms with Crippen molar-refractivity contribution in [1.82, 2.24) is 15.1 Å². The molecule has 0 radical (unpaired) electrons. The van der Waals surface area contributed by atoms with Crippen molar-refractivity contribution in [3.05, 3.63) is 59.6 Å². The Labute approximate surface area is 176 Å². The Morgan fingerprint density at radius 2 is 1.93 bits per heavy atom. The van der Waals surface area contributed by atoms with Gasteiger partial charge in [-0.05, 0) is 43.3 Å². The van der Waals surface area contributed by atoms with Crippen LogP contribution in [0.3, 0.4) is 0 Å². The van der Waals surface area contributed by atoms with Gasteiger partial charge >= 0.3 is 0 Å². The molecule has 0 aliphatic carbocycles. The van der Waals surface area contributed by atoms with Gasteiger partial charge in [0.1, 0.15) is 11.5 Å². The second-order valence-electron chi connectivity index (χ2n) is 6.28. The molecule has 0 aliphatic heterocycles. The molecule has 0 aliphatic rings. The van der Waals surface area contributed by atoms with Crippen molar-refractivity contribution in [1.29, 1.82) is 0 Å². The summed E-state index contributed by atoms with van der Waals surface area (Å²) < 4.78 is 16.3. The number of amides is 1. The molecule has 2 aromatic heterocycles. The number of nitrogens with zero attached hydrogens (tertiary/aromatic N) is 3. The number of carbonyl (C=O) groups excluding carboxylic acids is 1. The standard InChI is InChI=1S/C21H18N4O4S/c1-13-12-30-21(22-13)23-18(26)11-28-17-6-4-3-5-16(17)20-24-19(25-29-20)14-7-9-15(27-2)10-8-14/h3-10,12H,11H2,1-2H3,(H,22,23,26). The number of rotatable bonds is 7. The van der Waals surface area contributed by atoms with E-state index in [2.05, 4.69) is 20.4 Å². The molecule has 0 spiro atoms. The first-order valence-electron chi connectivity index (χ1n) is 9.04. The summed E-state index contributed by atoms with van der Waals surface area (Å²) >= 11 is 1.36. The fraction of sp³-hybridized carbons (Fsp3) is 0.143. The van der Waals surface area contributed by atoms with Crippen molar-refractivity contribution in [3.63, 3.8) is 0 Å². The molecule has 0 unspecified atom stereocenters. The molecule has 152 valence electrons. The fourth-order valence-corrected chi connectivity index (χ4v) is 3.37. The maximum atomic E-state index is 12.2. The van der Waals surface area contributed by atoms with Crippen molar-refractivity contribution in [3.8, 4) is 34.3 Å². The van der Waals surface area contributed by atoms with Crippen LogP contribution in [0.25, 0.3) is 22.8 Å². The summed E-state index contributed by atoms with van der Waals surface area (Å²) in [6, 6.07) is 14.5. The van der Waals surface area contributed by atoms with E-state index in [1.807, 2.05) is 48.7 Å². The Balaban J connectivity index is 1.47. The summed E-state index contributed by atoms with van der Waals surface area (Å²) in [4.78, 5) is 20.8. The van der Waals surface area contributed by atoms with Crippen molar-refractivity contribution < 1.29 is 18.8 Å². The third-order valence-corrected chi connectivity index (χ3v) is 4.99. The van der Waals surface area contributed by atoms with Crippen LogP contribution in [0.1, 0.15) is 5.69 Å². The molecule has 2 aromatic carbocycles. The Bertz CT molecular complexity index is 1150. The highest BCUT2D eigenvalue weighted by Crippen LogP contribution is 2.30. The van der Waals surface area contributed by atoms with Crippen LogP contribution < -0.4 is 14.8 Å². The minimum Gasteiger partial charge on any atom is -0.497 e. The van der Waals surface area contributed by atoms with Gasteiger partial charge in [0.2, 0.25) is 5.82 Å². The zero-order chi connectivity index (χ0) is 20.9. The first-order valence-corrected chi connectivity index (χ1v) is 9.92. The van der Waals surface area contributed by atoms with E-state index in [0.29, 0.717) is 28.2 Å². The summed E-state index contributed by atoms with van der Waals surface area (Å²) in [6.45, 7) is 1.69. The van der Waals surface area contributed by atoms with Crippen LogP contribution in [0.4, 0.5) is 5.13 Å². The van der Waals surface area contributed by atoms with Crippen molar-refractivity contribution in [2.75, 3.05) is 19.0 Å². The first-order chi connectivity index (χ1) is 14.6. The molecular weight excluding hydrogens is 404 g/mol. The third-order valence-electron chi connectivity index (χ3n) is 4.12. The van der Waals surface area contributed by atoms with E-state index in [1.165, 1.54) is 11.3 Å². The van der Waals surface area contributed by atoms with Gasteiger partial charge in [0.05, 0.1) is 18.4 Å². The summed E-state index contributed by atoms with van der Waals surface area (Å²) in [5.41, 5.74) is 2.25. The second kappa shape index (κ2) is 8.75. The van der Waals surface area contributed by atoms with Crippen molar-refractivity contribution in [2.24, 2.45) is 0 Å². The molecule has 4 rings (SSSR count). The van der Waals surface area contributed by atoms with Gasteiger partial charge in [-0.2, -0.15) is 4.98 Å². The molecule has 9 heteroatoms. The van der Waals surface area contributed by atoms with Gasteiger partial charge < -0.3 is 14.0 Å². The quantitative estimate of drug-likeness (QED) is 0.477. The van der Waals surface area contributed by atoms with Crippen LogP contribution in [0.5, 0.6) is 11.5 Å². The Morgan fingerprint density at radius 3 is 2.67 bits per heavy atom. The Kier molecular flexibility index (Phi) is 5.71. The second-order valence-corrected chi connectivity index (χ2v) is 7.14. The Morgan fingerprint density at radius 1 is 1.13 bits per heavy atom. The molecule has 1 amide bonds. The molecule has 0 atom stereocenters. The maximum absolute atomic E-state index is 12.2. The minimum atomic E-state index is -0.302. The number of aryl methyl sites for hydroxylation is 1. The molecule has 8 nitrogen and oxygen atoms in total. The number of ether oxygens (including phenoxy) is 2. The van der Waals surface area contributed by atoms with E-state index in [9.17, 15) is 4.79 Å². The lowest BCUT2D eigenvalue weighted by Gasteiger charge is -2.08. The topological polar surface area (TPSA) is 99.4 Å². The molecule has 4 aromatic rings. The lowest BCUT2D eigenvalue weighted by Crippen LogP contribution is -2.20. The zero-order valence-electron chi connectivity index (χ0n) is 16.3. The fourth-order valence-electron chi connectivity index (χ4n) is 2.67. The lowest BCUT2D eigenvalue weighted by molar-refractivity contribution is -0.118. The average molecular weight is 422 g/mol. The van der Waals surface area contributed by atoms with Gasteiger partial charge in [-0.15, -0.1) is 11.3 Å². The zero-order valence-corrected chi connectivity index (χ0v) is 17.1. The molecule has 0 bridgehead atoms. The predicted octanol–water partition coefficient (Wildman–Crippen LogP) is 4.19. The van der Waals surface area contributed by atoms with E-state index in [-0.39, 0.29) is 12.5 Å². The van der Waals surface area contributed by atoms with Gasteiger partial charge in [0.25, 0.3) is 11.8 Å². The van der Waals surface area contributed by atoms with Crippen LogP contribution in [0.2, 0.25) is 0 Å². The van der Waals surface area contributed by atoms with Crippen LogP contribution >= 0.6 is 11.3 Å². The monoisotopic (exact) mass is 422 g/mol. The molecule has 1 N–H and O–H groups in total. The highest BCUT2D eigenvalue weighted by molar-refractivity contribution is 7.13. The minimum absolute atomic E-state index is 0.172. The predicted molar refractivity (Wildman–Crippen MR) is 113 cm³/mol. The number of anilines is 1. The third kappa shape index (κ3) is 4.47. The van der Waals surface area contributed by atoms with Gasteiger partial charge in [-0.3, -0.25) is 10.1 Å². The normalized spacial score (nSPS) is 10.6. The van der Waals surface area contributed by atoms with E-state index in [0.717, 1.165) is 17.0 Å². The smallest absolute Gasteiger partial charge is 0.264 e. The molecule has 2 heterocycles. The summed E-state index contributed by atoms with van der Waals surface area (Å²) in [7, 11) is 1.61. The van der Waals surface area contributed by atoms with Crippen LogP contribution in [0.15, 0.2) is 58.4 Å². The van der Waals surface area contributed by atoms with Crippen LogP contribution in [-0.2, 0) is 4.79 Å². The van der Waals surface area contributed by atoms with E-state index in [4.69, 9.17) is 14.0 Å². The lowest BCUT2D eigenvalue weighted by atomic mass is 10.2. The number of aromatic nitrogens is 3. The number of thiazole rings is 1. The van der Waals surface area contributed by atoms with E-state index in [1.54, 1.807) is 19.2 Å². The average Bonchev–Trinajstić information content (AvgIpc) is 3.42. The molecule has 0 saturated carbocycles. The van der Waals surface area contributed by atoms with E-state index >= 15 is 0 Å². The number of carbonyl (C=O) groups is 1. The van der Waals surface area contributed by atoms with Gasteiger partial charge in [-0.25, -0.2) is 4.98 Å². The maximum Gasteiger partial charge on any atom is 0.264 e. The summed E-state index contributed by atoms with van der Waals surface area (Å²) in [5.74, 6) is 1.65. The largest absolute Gasteiger partial charge is 0.497 e. The van der Waals surface area contributed by atoms with Crippen LogP contribution in [-0.4, -0.2) is 34.7 Å². The molecule has 0 fully saturated rings. The SMILES string of the molecule is COc1ccc(-c2noc(-c3ccccc3OCC(=O)Nc3nc(C)cs3)n2)cc1. The van der Waals surface area contributed by atoms with Crippen molar-refractivity contribution in [2.45, 2.75) is 6.92 Å². The van der Waals surface area contributed by atoms with Crippen molar-refractivity contribution >= 4 is 22.4 Å². The number of benzene rings is 2. The molecule has 30 heavy (non-hydrogen) atoms.